The van der Waals surface area contributed by atoms with Crippen molar-refractivity contribution in [3.05, 3.63) is 23.8 Å². The first-order valence-electron chi connectivity index (χ1n) is 6.45. The van der Waals surface area contributed by atoms with Crippen LogP contribution in [0.4, 0.5) is 0 Å². The van der Waals surface area contributed by atoms with E-state index in [-0.39, 0.29) is 5.56 Å². The number of hydrogen-bond donors (Lipinski definition) is 1. The quantitative estimate of drug-likeness (QED) is 0.881. The Morgan fingerprint density at radius 3 is 2.83 bits per heavy atom. The number of carbonyl (C=O) groups is 1. The Bertz CT molecular complexity index is 414. The molecule has 1 fully saturated rings. The maximum absolute atomic E-state index is 11.1. The maximum Gasteiger partial charge on any atom is 0.339 e. The molecule has 1 saturated heterocycles. The number of carboxylic acids is 1. The Hall–Kier alpha value is -1.49. The third-order valence-electron chi connectivity index (χ3n) is 3.68. The average Bonchev–Trinajstić information content (AvgIpc) is 2.40. The van der Waals surface area contributed by atoms with Crippen molar-refractivity contribution in [2.24, 2.45) is 5.92 Å². The van der Waals surface area contributed by atoms with Crippen LogP contribution in [0.5, 0.6) is 0 Å². The van der Waals surface area contributed by atoms with E-state index in [4.69, 9.17) is 5.11 Å². The SMILES string of the molecule is CCC1CCN(Cc2ncncc2C(=O)O)CC1. The van der Waals surface area contributed by atoms with Crippen LogP contribution in [0.25, 0.3) is 0 Å². The molecule has 0 spiro atoms. The summed E-state index contributed by atoms with van der Waals surface area (Å²) in [6, 6.07) is 0. The van der Waals surface area contributed by atoms with Crippen molar-refractivity contribution in [2.45, 2.75) is 32.7 Å². The van der Waals surface area contributed by atoms with Gasteiger partial charge in [0.2, 0.25) is 0 Å². The van der Waals surface area contributed by atoms with Crippen molar-refractivity contribution in [3.63, 3.8) is 0 Å². The number of aromatic carboxylic acids is 1. The zero-order valence-electron chi connectivity index (χ0n) is 10.7. The summed E-state index contributed by atoms with van der Waals surface area (Å²) in [4.78, 5) is 21.2. The van der Waals surface area contributed by atoms with Crippen LogP contribution in [0.15, 0.2) is 12.5 Å². The van der Waals surface area contributed by atoms with Gasteiger partial charge in [0, 0.05) is 12.7 Å². The van der Waals surface area contributed by atoms with Gasteiger partial charge in [-0.15, -0.1) is 0 Å². The van der Waals surface area contributed by atoms with E-state index >= 15 is 0 Å². The smallest absolute Gasteiger partial charge is 0.339 e. The van der Waals surface area contributed by atoms with E-state index in [0.29, 0.717) is 12.2 Å². The number of nitrogens with zero attached hydrogens (tertiary/aromatic N) is 3. The van der Waals surface area contributed by atoms with Crippen molar-refractivity contribution in [3.8, 4) is 0 Å². The molecule has 0 bridgehead atoms. The van der Waals surface area contributed by atoms with Crippen molar-refractivity contribution >= 4 is 5.97 Å². The van der Waals surface area contributed by atoms with Crippen LogP contribution < -0.4 is 0 Å². The number of aromatic nitrogens is 2. The van der Waals surface area contributed by atoms with E-state index in [2.05, 4.69) is 21.8 Å². The normalized spacial score (nSPS) is 17.8. The van der Waals surface area contributed by atoms with Gasteiger partial charge < -0.3 is 5.11 Å². The van der Waals surface area contributed by atoms with E-state index < -0.39 is 5.97 Å². The lowest BCUT2D eigenvalue weighted by molar-refractivity contribution is 0.0692. The zero-order valence-corrected chi connectivity index (χ0v) is 10.7. The second-order valence-corrected chi connectivity index (χ2v) is 4.82. The van der Waals surface area contributed by atoms with Crippen LogP contribution in [-0.2, 0) is 6.54 Å². The number of piperidine rings is 1. The van der Waals surface area contributed by atoms with Gasteiger partial charge in [-0.3, -0.25) is 4.90 Å². The Balaban J connectivity index is 2.00. The third-order valence-corrected chi connectivity index (χ3v) is 3.68. The molecular weight excluding hydrogens is 230 g/mol. The summed E-state index contributed by atoms with van der Waals surface area (Å²) < 4.78 is 0. The fourth-order valence-electron chi connectivity index (χ4n) is 2.42. The molecule has 0 unspecified atom stereocenters. The highest BCUT2D eigenvalue weighted by Crippen LogP contribution is 2.21. The summed E-state index contributed by atoms with van der Waals surface area (Å²) in [5.41, 5.74) is 0.836. The highest BCUT2D eigenvalue weighted by molar-refractivity contribution is 5.88. The number of rotatable bonds is 4. The Morgan fingerprint density at radius 2 is 2.22 bits per heavy atom. The molecule has 98 valence electrons. The van der Waals surface area contributed by atoms with E-state index in [1.807, 2.05) is 0 Å². The van der Waals surface area contributed by atoms with Crippen molar-refractivity contribution in [2.75, 3.05) is 13.1 Å². The average molecular weight is 249 g/mol. The molecule has 5 nitrogen and oxygen atoms in total. The first kappa shape index (κ1) is 13.0. The predicted octanol–water partition coefficient (Wildman–Crippen LogP) is 1.80. The van der Waals surface area contributed by atoms with E-state index in [1.165, 1.54) is 31.8 Å². The minimum Gasteiger partial charge on any atom is -0.478 e. The molecule has 1 N–H and O–H groups in total. The van der Waals surface area contributed by atoms with Crippen LogP contribution in [0.2, 0.25) is 0 Å². The zero-order chi connectivity index (χ0) is 13.0. The van der Waals surface area contributed by atoms with E-state index in [1.54, 1.807) is 0 Å². The van der Waals surface area contributed by atoms with Crippen molar-refractivity contribution in [1.82, 2.24) is 14.9 Å². The molecule has 2 rings (SSSR count). The molecule has 1 aliphatic heterocycles. The molecule has 0 amide bonds. The second kappa shape index (κ2) is 5.91. The predicted molar refractivity (Wildman–Crippen MR) is 67.3 cm³/mol. The first-order valence-corrected chi connectivity index (χ1v) is 6.45. The molecule has 1 aliphatic rings. The van der Waals surface area contributed by atoms with Crippen LogP contribution in [0.1, 0.15) is 42.2 Å². The second-order valence-electron chi connectivity index (χ2n) is 4.82. The number of carboxylic acid groups (broad SMARTS) is 1. The first-order chi connectivity index (χ1) is 8.70. The molecule has 1 aromatic heterocycles. The van der Waals surface area contributed by atoms with Crippen molar-refractivity contribution in [1.29, 1.82) is 0 Å². The lowest BCUT2D eigenvalue weighted by Gasteiger charge is -2.31. The monoisotopic (exact) mass is 249 g/mol. The minimum absolute atomic E-state index is 0.218. The third kappa shape index (κ3) is 3.04. The molecule has 0 radical (unpaired) electrons. The van der Waals surface area contributed by atoms with Gasteiger partial charge in [0.1, 0.15) is 11.9 Å². The van der Waals surface area contributed by atoms with Crippen LogP contribution >= 0.6 is 0 Å². The molecule has 18 heavy (non-hydrogen) atoms. The highest BCUT2D eigenvalue weighted by Gasteiger charge is 2.20. The maximum atomic E-state index is 11.1. The standard InChI is InChI=1S/C13H19N3O2/c1-2-10-3-5-16(6-4-10)8-12-11(13(17)18)7-14-9-15-12/h7,9-10H,2-6,8H2,1H3,(H,17,18). The van der Waals surface area contributed by atoms with E-state index in [0.717, 1.165) is 19.0 Å². The van der Waals surface area contributed by atoms with Gasteiger partial charge in [0.15, 0.2) is 0 Å². The summed E-state index contributed by atoms with van der Waals surface area (Å²) >= 11 is 0. The molecule has 5 heteroatoms. The van der Waals surface area contributed by atoms with E-state index in [9.17, 15) is 4.79 Å². The lowest BCUT2D eigenvalue weighted by Crippen LogP contribution is -2.33. The highest BCUT2D eigenvalue weighted by atomic mass is 16.4. The summed E-state index contributed by atoms with van der Waals surface area (Å²) in [7, 11) is 0. The topological polar surface area (TPSA) is 66.3 Å². The Morgan fingerprint density at radius 1 is 1.50 bits per heavy atom. The summed E-state index contributed by atoms with van der Waals surface area (Å²) in [5.74, 6) is -0.125. The van der Waals surface area contributed by atoms with Gasteiger partial charge in [0.05, 0.1) is 5.69 Å². The fourth-order valence-corrected chi connectivity index (χ4v) is 2.42. The van der Waals surface area contributed by atoms with Crippen LogP contribution in [0, 0.1) is 5.92 Å². The van der Waals surface area contributed by atoms with Gasteiger partial charge in [-0.25, -0.2) is 14.8 Å². The van der Waals surface area contributed by atoms with Gasteiger partial charge in [-0.1, -0.05) is 13.3 Å². The van der Waals surface area contributed by atoms with Crippen LogP contribution in [-0.4, -0.2) is 39.0 Å². The molecule has 0 aliphatic carbocycles. The number of hydrogen-bond acceptors (Lipinski definition) is 4. The largest absolute Gasteiger partial charge is 0.478 e. The number of likely N-dealkylation sites (tertiary alicyclic amines) is 1. The lowest BCUT2D eigenvalue weighted by atomic mass is 9.94. The van der Waals surface area contributed by atoms with Gasteiger partial charge >= 0.3 is 5.97 Å². The Labute approximate surface area is 107 Å². The molecular formula is C13H19N3O2. The summed E-state index contributed by atoms with van der Waals surface area (Å²) in [6.07, 6.45) is 6.43. The van der Waals surface area contributed by atoms with Crippen LogP contribution in [0.3, 0.4) is 0 Å². The van der Waals surface area contributed by atoms with Gasteiger partial charge in [0.25, 0.3) is 0 Å². The minimum atomic E-state index is -0.950. The molecule has 1 aromatic rings. The molecule has 0 atom stereocenters. The van der Waals surface area contributed by atoms with Crippen molar-refractivity contribution < 1.29 is 9.90 Å². The summed E-state index contributed by atoms with van der Waals surface area (Å²) in [6.45, 7) is 4.90. The molecule has 0 saturated carbocycles. The fraction of sp³-hybridized carbons (Fsp3) is 0.615. The van der Waals surface area contributed by atoms with Gasteiger partial charge in [-0.05, 0) is 31.8 Å². The molecule has 2 heterocycles. The summed E-state index contributed by atoms with van der Waals surface area (Å²) in [5, 5.41) is 9.08. The molecule has 0 aromatic carbocycles. The Kier molecular flexibility index (Phi) is 4.25. The van der Waals surface area contributed by atoms with Gasteiger partial charge in [-0.2, -0.15) is 0 Å².